The molecule has 1 aliphatic carbocycles. The predicted octanol–water partition coefficient (Wildman–Crippen LogP) is 2.40. The summed E-state index contributed by atoms with van der Waals surface area (Å²) in [5.41, 5.74) is 1.84. The van der Waals surface area contributed by atoms with Gasteiger partial charge in [-0.2, -0.15) is 0 Å². The summed E-state index contributed by atoms with van der Waals surface area (Å²) in [4.78, 5) is 2.57. The summed E-state index contributed by atoms with van der Waals surface area (Å²) in [7, 11) is 0. The molecular weight excluding hydrogens is 260 g/mol. The van der Waals surface area contributed by atoms with Crippen molar-refractivity contribution in [3.05, 3.63) is 35.9 Å². The molecule has 1 heterocycles. The van der Waals surface area contributed by atoms with Crippen LogP contribution in [0.5, 0.6) is 0 Å². The molecule has 116 valence electrons. The summed E-state index contributed by atoms with van der Waals surface area (Å²) in [5, 5.41) is 12.9. The molecule has 3 nitrogen and oxygen atoms in total. The van der Waals surface area contributed by atoms with Crippen LogP contribution in [0.25, 0.3) is 0 Å². The second kappa shape index (κ2) is 6.91. The molecule has 1 unspecified atom stereocenters. The molecule has 2 fully saturated rings. The Balaban J connectivity index is 1.45. The van der Waals surface area contributed by atoms with Gasteiger partial charge in [-0.25, -0.2) is 0 Å². The normalized spacial score (nSPS) is 24.9. The highest BCUT2D eigenvalue weighted by Gasteiger charge is 2.41. The third-order valence-electron chi connectivity index (χ3n) is 5.12. The fourth-order valence-electron chi connectivity index (χ4n) is 3.50. The molecule has 1 saturated carbocycles. The van der Waals surface area contributed by atoms with Gasteiger partial charge in [0.25, 0.3) is 0 Å². The number of nitrogens with one attached hydrogen (secondary N) is 1. The first kappa shape index (κ1) is 15.0. The second-order valence-electron chi connectivity index (χ2n) is 6.91. The fraction of sp³-hybridized carbons (Fsp3) is 0.667. The molecule has 0 aromatic heterocycles. The molecule has 3 heteroatoms. The van der Waals surface area contributed by atoms with Crippen molar-refractivity contribution < 1.29 is 5.11 Å². The van der Waals surface area contributed by atoms with Crippen molar-refractivity contribution in [2.75, 3.05) is 26.2 Å². The Hall–Kier alpha value is -0.900. The van der Waals surface area contributed by atoms with Crippen molar-refractivity contribution >= 4 is 0 Å². The molecule has 0 amide bonds. The molecule has 21 heavy (non-hydrogen) atoms. The van der Waals surface area contributed by atoms with Crippen LogP contribution in [0.1, 0.15) is 37.7 Å². The summed E-state index contributed by atoms with van der Waals surface area (Å²) in [6.45, 7) is 4.88. The molecule has 2 N–H and O–H groups in total. The van der Waals surface area contributed by atoms with Crippen LogP contribution in [0.2, 0.25) is 0 Å². The molecule has 0 bridgehead atoms. The van der Waals surface area contributed by atoms with E-state index in [9.17, 15) is 0 Å². The number of piperidine rings is 1. The first-order valence-corrected chi connectivity index (χ1v) is 8.40. The van der Waals surface area contributed by atoms with Crippen LogP contribution in [0.3, 0.4) is 0 Å². The number of likely N-dealkylation sites (tertiary alicyclic amines) is 1. The van der Waals surface area contributed by atoms with Gasteiger partial charge in [0.2, 0.25) is 0 Å². The van der Waals surface area contributed by atoms with E-state index >= 15 is 0 Å². The van der Waals surface area contributed by atoms with Crippen LogP contribution in [0.15, 0.2) is 30.3 Å². The standard InChI is InChI=1S/C18H28N2O/c21-12-10-18(8-9-18)15-19-17-7-4-11-20(14-17)13-16-5-2-1-3-6-16/h1-3,5-6,17,19,21H,4,7-15H2. The van der Waals surface area contributed by atoms with Crippen molar-refractivity contribution in [1.29, 1.82) is 0 Å². The molecule has 0 radical (unpaired) electrons. The van der Waals surface area contributed by atoms with Crippen LogP contribution in [0, 0.1) is 5.41 Å². The molecule has 1 aromatic carbocycles. The van der Waals surface area contributed by atoms with Crippen molar-refractivity contribution in [2.24, 2.45) is 5.41 Å². The van der Waals surface area contributed by atoms with Gasteiger partial charge in [0.15, 0.2) is 0 Å². The van der Waals surface area contributed by atoms with E-state index in [4.69, 9.17) is 5.11 Å². The van der Waals surface area contributed by atoms with Gasteiger partial charge in [0.1, 0.15) is 0 Å². The Morgan fingerprint density at radius 1 is 1.24 bits per heavy atom. The monoisotopic (exact) mass is 288 g/mol. The van der Waals surface area contributed by atoms with E-state index in [1.165, 1.54) is 37.8 Å². The number of hydrogen-bond acceptors (Lipinski definition) is 3. The predicted molar refractivity (Wildman–Crippen MR) is 86.1 cm³/mol. The van der Waals surface area contributed by atoms with Crippen molar-refractivity contribution in [1.82, 2.24) is 10.2 Å². The van der Waals surface area contributed by atoms with Gasteiger partial charge < -0.3 is 10.4 Å². The lowest BCUT2D eigenvalue weighted by Gasteiger charge is -2.34. The molecular formula is C18H28N2O. The summed E-state index contributed by atoms with van der Waals surface area (Å²) in [6.07, 6.45) is 6.14. The van der Waals surface area contributed by atoms with Crippen LogP contribution in [0.4, 0.5) is 0 Å². The molecule has 3 rings (SSSR count). The van der Waals surface area contributed by atoms with Crippen molar-refractivity contribution in [3.63, 3.8) is 0 Å². The zero-order valence-electron chi connectivity index (χ0n) is 12.9. The van der Waals surface area contributed by atoms with Gasteiger partial charge in [-0.05, 0) is 49.6 Å². The minimum absolute atomic E-state index is 0.340. The number of aliphatic hydroxyl groups is 1. The fourth-order valence-corrected chi connectivity index (χ4v) is 3.50. The lowest BCUT2D eigenvalue weighted by molar-refractivity contribution is 0.174. The Kier molecular flexibility index (Phi) is 4.94. The number of hydrogen-bond donors (Lipinski definition) is 2. The second-order valence-corrected chi connectivity index (χ2v) is 6.91. The van der Waals surface area contributed by atoms with E-state index < -0.39 is 0 Å². The van der Waals surface area contributed by atoms with Gasteiger partial charge in [0.05, 0.1) is 0 Å². The van der Waals surface area contributed by atoms with E-state index in [2.05, 4.69) is 40.5 Å². The molecule has 1 aromatic rings. The highest BCUT2D eigenvalue weighted by atomic mass is 16.3. The van der Waals surface area contributed by atoms with Crippen molar-refractivity contribution in [3.8, 4) is 0 Å². The van der Waals surface area contributed by atoms with Crippen LogP contribution < -0.4 is 5.32 Å². The van der Waals surface area contributed by atoms with E-state index in [1.54, 1.807) is 0 Å². The maximum atomic E-state index is 9.15. The van der Waals surface area contributed by atoms with E-state index in [-0.39, 0.29) is 0 Å². The topological polar surface area (TPSA) is 35.5 Å². The smallest absolute Gasteiger partial charge is 0.0436 e. The number of rotatable bonds is 7. The summed E-state index contributed by atoms with van der Waals surface area (Å²) in [6, 6.07) is 11.4. The van der Waals surface area contributed by atoms with Gasteiger partial charge in [-0.15, -0.1) is 0 Å². The number of nitrogens with zero attached hydrogens (tertiary/aromatic N) is 1. The lowest BCUT2D eigenvalue weighted by atomic mass is 10.0. The summed E-state index contributed by atoms with van der Waals surface area (Å²) in [5.74, 6) is 0. The van der Waals surface area contributed by atoms with Gasteiger partial charge >= 0.3 is 0 Å². The zero-order chi connectivity index (χ0) is 14.5. The Bertz CT molecular complexity index is 430. The molecule has 2 aliphatic rings. The Morgan fingerprint density at radius 2 is 2.05 bits per heavy atom. The van der Waals surface area contributed by atoms with Gasteiger partial charge in [0, 0.05) is 32.3 Å². The largest absolute Gasteiger partial charge is 0.396 e. The zero-order valence-corrected chi connectivity index (χ0v) is 12.9. The van der Waals surface area contributed by atoms with Crippen LogP contribution in [-0.4, -0.2) is 42.3 Å². The van der Waals surface area contributed by atoms with E-state index in [0.29, 0.717) is 18.1 Å². The third kappa shape index (κ3) is 4.29. The highest BCUT2D eigenvalue weighted by Crippen LogP contribution is 2.48. The van der Waals surface area contributed by atoms with Crippen LogP contribution in [-0.2, 0) is 6.54 Å². The quantitative estimate of drug-likeness (QED) is 0.809. The molecule has 1 aliphatic heterocycles. The minimum atomic E-state index is 0.340. The molecule has 1 atom stereocenters. The van der Waals surface area contributed by atoms with Crippen molar-refractivity contribution in [2.45, 2.75) is 44.7 Å². The summed E-state index contributed by atoms with van der Waals surface area (Å²) >= 11 is 0. The minimum Gasteiger partial charge on any atom is -0.396 e. The summed E-state index contributed by atoms with van der Waals surface area (Å²) < 4.78 is 0. The maximum absolute atomic E-state index is 9.15. The number of benzene rings is 1. The Labute approximate surface area is 128 Å². The van der Waals surface area contributed by atoms with Gasteiger partial charge in [-0.3, -0.25) is 4.90 Å². The third-order valence-corrected chi connectivity index (χ3v) is 5.12. The van der Waals surface area contributed by atoms with E-state index in [0.717, 1.165) is 26.1 Å². The van der Waals surface area contributed by atoms with Gasteiger partial charge in [-0.1, -0.05) is 30.3 Å². The highest BCUT2D eigenvalue weighted by molar-refractivity contribution is 5.14. The number of aliphatic hydroxyl groups excluding tert-OH is 1. The SMILES string of the molecule is OCCC1(CNC2CCCN(Cc3ccccc3)C2)CC1. The lowest BCUT2D eigenvalue weighted by Crippen LogP contribution is -2.46. The average molecular weight is 288 g/mol. The van der Waals surface area contributed by atoms with Crippen LogP contribution >= 0.6 is 0 Å². The first-order valence-electron chi connectivity index (χ1n) is 8.40. The molecule has 0 spiro atoms. The maximum Gasteiger partial charge on any atom is 0.0436 e. The average Bonchev–Trinajstić information content (AvgIpc) is 3.27. The first-order chi connectivity index (χ1) is 10.3. The molecule has 1 saturated heterocycles. The Morgan fingerprint density at radius 3 is 2.76 bits per heavy atom. The van der Waals surface area contributed by atoms with E-state index in [1.807, 2.05) is 0 Å².